The first kappa shape index (κ1) is 119. The number of Topliss-reactive ketones (excluding diaryl/α,β-unsaturated/α-hetero) is 4. The van der Waals surface area contributed by atoms with Gasteiger partial charge in [-0.1, -0.05) is 157 Å². The van der Waals surface area contributed by atoms with Crippen molar-refractivity contribution in [1.82, 2.24) is 0 Å². The van der Waals surface area contributed by atoms with Crippen LogP contribution in [0.25, 0.3) is 0 Å². The SMILES string of the molecule is CC(=O)O[C@H]1C[C@@]2(C)[C@@H](C[C@@H](O)[C@H]3[C@@]4(C)CC[C@@H](O)[C@@H](C)[C@@H]4CC[C@@]32C)/C1=C(/C(C)=O)[C@H](N)C=C(C)C.CC(=O)O[C@H]1C[C@@]2(C)[C@@H](C[C@@H](O)[C@H]3[C@@]4(C)C[C@@H](N)[C@@H](O)[C@@H](C)[C@@H]4CC[C@@]32C)/C1=C(\CC=C(C)C)C(C)=O.CC(=O)O[C@H]1C[C@@]2(C)[C@@H](C[C@@H](O)[C@H]3[C@@]4(C)C[C@H](N)[C@@H](O)[C@@H](C)[C@@H]4CC[C@@]32C)/C1=C(\CC=C(C)C)C(C)=O.CC(=O)O[C@H]1C[C@@]2(C)[C@@H](C[C@@H](O)[C@H]3[C@@]4(C)[C@@H](N)C[C@@H](O)[C@@H](C)[C@@H]4CC[C@@]32C)/C1=C(\CC=C(C)C)C(C)=O. The van der Waals surface area contributed by atoms with Crippen LogP contribution in [0.15, 0.2) is 91.2 Å². The number of aliphatic hydroxyl groups excluding tert-OH is 8. The fourth-order valence-corrected chi connectivity index (χ4v) is 39.4. The van der Waals surface area contributed by atoms with E-state index in [1.165, 1.54) is 27.7 Å². The number of rotatable bonds is 16. The Morgan fingerprint density at radius 3 is 0.892 bits per heavy atom. The van der Waals surface area contributed by atoms with Crippen LogP contribution < -0.4 is 22.9 Å². The van der Waals surface area contributed by atoms with Crippen LogP contribution in [0.5, 0.6) is 0 Å². The molecule has 16 aliphatic carbocycles. The van der Waals surface area contributed by atoms with Crippen molar-refractivity contribution in [3.05, 3.63) is 91.2 Å². The molecule has 0 radical (unpaired) electrons. The molecule has 832 valence electrons. The summed E-state index contributed by atoms with van der Waals surface area (Å²) in [6.45, 7) is 64.4. The van der Waals surface area contributed by atoms with Crippen LogP contribution in [0, 0.1) is 160 Å². The van der Waals surface area contributed by atoms with Gasteiger partial charge in [0.2, 0.25) is 0 Å². The van der Waals surface area contributed by atoms with Gasteiger partial charge in [0.25, 0.3) is 0 Å². The smallest absolute Gasteiger partial charge is 0.303 e. The summed E-state index contributed by atoms with van der Waals surface area (Å²) in [5.74, 6) is 0.0295. The van der Waals surface area contributed by atoms with Gasteiger partial charge < -0.3 is 82.7 Å². The van der Waals surface area contributed by atoms with Crippen molar-refractivity contribution in [3.8, 4) is 0 Å². The number of fused-ring (bicyclic) bond motifs is 20. The van der Waals surface area contributed by atoms with Gasteiger partial charge in [-0.25, -0.2) is 0 Å². The van der Waals surface area contributed by atoms with Gasteiger partial charge in [-0.3, -0.25) is 38.4 Å². The molecule has 0 heterocycles. The number of hydrogen-bond donors (Lipinski definition) is 12. The normalized spacial score (nSPS) is 48.0. The molecule has 24 heteroatoms. The standard InChI is InChI=1S/4C31H49NO5/c1-16(2)13-22(32)26(18(4)33)27-21-14-24(36)28-29(6)11-10-23(35)17(3)20(29)9-12-30(28,7)31(21,8)15-25(27)37-19(5)34;2*1-16(2)9-10-20(18(4)33)26-22-13-24(35)28-29(6)14-23(32)27(36)17(3)21(29)11-12-30(28,7)31(22,8)15-25(26)37-19(5)34;1-16(2)9-10-20(18(4)33)27-22-13-24(36)28-29(6,30(22,7)15-25(27)37-19(5)34)12-11-21-17(3)23(35)14-26(32)31(21,28)8/h13,17,20-25,28,35-36H,9-12,14-15,32H2,1-8H3;2*9,17,21-25,27-28,35-36H,10-15,32H2,1-8H3;9,17,21-26,28,35-36H,10-15,32H2,1-8H3/b27-26+;2*26-20-;27-20-/t17-,20-,21-,22+,23+,24+,25-,28-,29-,30-,31-;17-,21-,22-,23+,24+,25-,27-,28-,29-,30-,31-;17-,21-,22-,23-,24+,25-,27-,28-,29-,30-,31-;17-,21-,22-,23+,24+,25-,26-,28+,29-,30-,31+/m0000/s1. The quantitative estimate of drug-likeness (QED) is 0.0295. The molecule has 148 heavy (non-hydrogen) atoms. The zero-order valence-corrected chi connectivity index (χ0v) is 96.5. The fourth-order valence-electron chi connectivity index (χ4n) is 39.4. The average molecular weight is 2060 g/mol. The summed E-state index contributed by atoms with van der Waals surface area (Å²) >= 11 is 0. The van der Waals surface area contributed by atoms with Crippen LogP contribution >= 0.6 is 0 Å². The third-order valence-electron chi connectivity index (χ3n) is 46.4. The lowest BCUT2D eigenvalue weighted by Crippen LogP contribution is -2.70. The van der Waals surface area contributed by atoms with E-state index in [2.05, 4.69) is 129 Å². The first-order valence-corrected chi connectivity index (χ1v) is 57.0. The molecule has 16 saturated carbocycles. The van der Waals surface area contributed by atoms with Gasteiger partial charge in [-0.15, -0.1) is 0 Å². The van der Waals surface area contributed by atoms with E-state index in [0.29, 0.717) is 113 Å². The van der Waals surface area contributed by atoms with Crippen molar-refractivity contribution in [2.45, 2.75) is 473 Å². The zero-order valence-electron chi connectivity index (χ0n) is 96.5. The van der Waals surface area contributed by atoms with Crippen LogP contribution in [0.2, 0.25) is 0 Å². The van der Waals surface area contributed by atoms with Crippen molar-refractivity contribution >= 4 is 47.0 Å². The van der Waals surface area contributed by atoms with Gasteiger partial charge in [0.15, 0.2) is 23.1 Å². The molecule has 44 atom stereocenters. The van der Waals surface area contributed by atoms with E-state index in [0.717, 1.165) is 126 Å². The fraction of sp³-hybridized carbons (Fsp3) is 0.806. The third-order valence-corrected chi connectivity index (χ3v) is 46.4. The molecule has 0 aliphatic heterocycles. The zero-order chi connectivity index (χ0) is 111. The van der Waals surface area contributed by atoms with Gasteiger partial charge in [0, 0.05) is 68.1 Å². The predicted molar refractivity (Wildman–Crippen MR) is 577 cm³/mol. The summed E-state index contributed by atoms with van der Waals surface area (Å²) in [6.07, 6.45) is 19.7. The number of esters is 4. The van der Waals surface area contributed by atoms with Crippen molar-refractivity contribution in [1.29, 1.82) is 0 Å². The van der Waals surface area contributed by atoms with Crippen LogP contribution in [0.1, 0.15) is 376 Å². The Morgan fingerprint density at radius 2 is 0.595 bits per heavy atom. The van der Waals surface area contributed by atoms with E-state index in [1.807, 2.05) is 61.5 Å². The molecular formula is C124H196N4O20. The van der Waals surface area contributed by atoms with E-state index in [9.17, 15) is 79.2 Å². The minimum absolute atomic E-state index is 0.00320. The second-order valence-electron chi connectivity index (χ2n) is 55.1. The predicted octanol–water partition coefficient (Wildman–Crippen LogP) is 18.9. The van der Waals surface area contributed by atoms with Crippen molar-refractivity contribution in [2.24, 2.45) is 183 Å². The lowest BCUT2D eigenvalue weighted by molar-refractivity contribution is -0.239. The molecule has 0 spiro atoms. The number of aliphatic hydroxyl groups is 8. The minimum Gasteiger partial charge on any atom is -0.458 e. The first-order chi connectivity index (χ1) is 68.3. The molecule has 0 saturated heterocycles. The maximum Gasteiger partial charge on any atom is 0.303 e. The van der Waals surface area contributed by atoms with Gasteiger partial charge in [-0.2, -0.15) is 0 Å². The topological polar surface area (TPSA) is 439 Å². The van der Waals surface area contributed by atoms with E-state index >= 15 is 0 Å². The Morgan fingerprint density at radius 1 is 0.318 bits per heavy atom. The Balaban J connectivity index is 0.000000165. The number of allylic oxidation sites excluding steroid dienone is 10. The molecule has 16 rings (SSSR count). The van der Waals surface area contributed by atoms with E-state index in [-0.39, 0.29) is 213 Å². The third kappa shape index (κ3) is 19.7. The lowest BCUT2D eigenvalue weighted by Gasteiger charge is -2.70. The summed E-state index contributed by atoms with van der Waals surface area (Å²) < 4.78 is 23.8. The Kier molecular flexibility index (Phi) is 34.5. The number of hydrogen-bond acceptors (Lipinski definition) is 24. The second kappa shape index (κ2) is 42.8. The number of carbonyl (C=O) groups excluding carboxylic acids is 8. The molecule has 0 bridgehead atoms. The summed E-state index contributed by atoms with van der Waals surface area (Å²) in [6, 6.07) is -1.40. The first-order valence-electron chi connectivity index (χ1n) is 57.0. The van der Waals surface area contributed by atoms with E-state index < -0.39 is 73.2 Å². The average Bonchev–Trinajstić information content (AvgIpc) is 1.48. The maximum atomic E-state index is 13.1. The maximum absolute atomic E-state index is 13.1. The monoisotopic (exact) mass is 2060 g/mol. The highest BCUT2D eigenvalue weighted by Gasteiger charge is 2.78. The molecule has 24 nitrogen and oxygen atoms in total. The van der Waals surface area contributed by atoms with Gasteiger partial charge in [0.1, 0.15) is 24.4 Å². The largest absolute Gasteiger partial charge is 0.458 e. The van der Waals surface area contributed by atoms with Crippen LogP contribution in [-0.4, -0.2) is 185 Å². The highest BCUT2D eigenvalue weighted by Crippen LogP contribution is 2.81. The number of nitrogens with two attached hydrogens (primary N) is 4. The molecular weight excluding hydrogens is 1870 g/mol. The van der Waals surface area contributed by atoms with Gasteiger partial charge in [-0.05, 0) is 419 Å². The van der Waals surface area contributed by atoms with Crippen molar-refractivity contribution < 1.29 is 98.2 Å². The number of carbonyl (C=O) groups is 8. The summed E-state index contributed by atoms with van der Waals surface area (Å²) in [5.41, 5.74) is 34.4. The van der Waals surface area contributed by atoms with Gasteiger partial charge in [0.05, 0.1) is 54.9 Å². The van der Waals surface area contributed by atoms with Crippen LogP contribution in [-0.2, 0) is 57.3 Å². The summed E-state index contributed by atoms with van der Waals surface area (Å²) in [5, 5.41) is 90.9. The Hall–Kier alpha value is -6.00. The molecule has 0 aromatic heterocycles. The van der Waals surface area contributed by atoms with Crippen LogP contribution in [0.4, 0.5) is 0 Å². The van der Waals surface area contributed by atoms with E-state index in [4.69, 9.17) is 41.9 Å². The summed E-state index contributed by atoms with van der Waals surface area (Å²) in [4.78, 5) is 101. The Bertz CT molecular complexity index is 5170. The van der Waals surface area contributed by atoms with E-state index in [1.54, 1.807) is 27.7 Å². The highest BCUT2D eigenvalue weighted by molar-refractivity contribution is 5.97. The molecule has 0 amide bonds. The van der Waals surface area contributed by atoms with Crippen molar-refractivity contribution in [3.63, 3.8) is 0 Å². The highest BCUT2D eigenvalue weighted by atomic mass is 16.6. The molecule has 0 unspecified atom stereocenters. The molecule has 0 aromatic rings. The second-order valence-corrected chi connectivity index (χ2v) is 55.1. The van der Waals surface area contributed by atoms with Crippen molar-refractivity contribution in [2.75, 3.05) is 0 Å². The number of ketones is 4. The Labute approximate surface area is 886 Å². The molecule has 16 aliphatic rings. The summed E-state index contributed by atoms with van der Waals surface area (Å²) in [7, 11) is 0. The molecule has 0 aromatic carbocycles. The minimum atomic E-state index is -0.591. The lowest BCUT2D eigenvalue weighted by atomic mass is 9.35. The van der Waals surface area contributed by atoms with Crippen LogP contribution in [0.3, 0.4) is 0 Å². The molecule has 16 fully saturated rings. The van der Waals surface area contributed by atoms with Gasteiger partial charge >= 0.3 is 23.9 Å². The number of ether oxygens (including phenoxy) is 4. The molecule has 16 N–H and O–H groups in total.